The molecule has 0 aromatic rings. The van der Waals surface area contributed by atoms with Gasteiger partial charge in [0.2, 0.25) is 0 Å². The zero-order chi connectivity index (χ0) is 14.9. The molecule has 7 heteroatoms. The molecule has 2 aliphatic heterocycles. The van der Waals surface area contributed by atoms with E-state index in [2.05, 4.69) is 0 Å². The maximum Gasteiger partial charge on any atom is 0.302 e. The van der Waals surface area contributed by atoms with Crippen molar-refractivity contribution in [1.82, 2.24) is 0 Å². The lowest BCUT2D eigenvalue weighted by atomic mass is 10.1. The SMILES string of the molecule is CC(=O)OCC1O[C@@H](COC(C)=O)[C@@H]2OC(C)(C)O[C@H]12. The Balaban J connectivity index is 2.01. The molecule has 0 amide bonds. The zero-order valence-electron chi connectivity index (χ0n) is 12.1. The van der Waals surface area contributed by atoms with Gasteiger partial charge in [-0.05, 0) is 13.8 Å². The molecule has 0 N–H and O–H groups in total. The molecule has 7 nitrogen and oxygen atoms in total. The molecule has 2 saturated heterocycles. The summed E-state index contributed by atoms with van der Waals surface area (Å²) in [4.78, 5) is 21.8. The second kappa shape index (κ2) is 5.67. The first-order valence-electron chi connectivity index (χ1n) is 6.56. The summed E-state index contributed by atoms with van der Waals surface area (Å²) in [6.45, 7) is 6.45. The van der Waals surface area contributed by atoms with E-state index < -0.39 is 18.0 Å². The quantitative estimate of drug-likeness (QED) is 0.693. The second-order valence-electron chi connectivity index (χ2n) is 5.38. The molecule has 1 unspecified atom stereocenters. The van der Waals surface area contributed by atoms with Crippen LogP contribution in [0, 0.1) is 0 Å². The third kappa shape index (κ3) is 3.47. The van der Waals surface area contributed by atoms with Gasteiger partial charge in [0.25, 0.3) is 0 Å². The highest BCUT2D eigenvalue weighted by atomic mass is 16.8. The van der Waals surface area contributed by atoms with Crippen LogP contribution in [0.25, 0.3) is 0 Å². The van der Waals surface area contributed by atoms with Crippen LogP contribution in [-0.2, 0) is 33.3 Å². The number of fused-ring (bicyclic) bond motifs is 1. The van der Waals surface area contributed by atoms with Crippen LogP contribution in [0.2, 0.25) is 0 Å². The van der Waals surface area contributed by atoms with E-state index in [4.69, 9.17) is 23.7 Å². The Labute approximate surface area is 117 Å². The van der Waals surface area contributed by atoms with E-state index >= 15 is 0 Å². The fraction of sp³-hybridized carbons (Fsp3) is 0.846. The largest absolute Gasteiger partial charge is 0.463 e. The van der Waals surface area contributed by atoms with Gasteiger partial charge in [0.15, 0.2) is 5.79 Å². The summed E-state index contributed by atoms with van der Waals surface area (Å²) in [5.41, 5.74) is 0. The highest BCUT2D eigenvalue weighted by Gasteiger charge is 2.55. The fourth-order valence-corrected chi connectivity index (χ4v) is 2.44. The predicted octanol–water partition coefficient (Wildman–Crippen LogP) is 0.400. The van der Waals surface area contributed by atoms with Crippen molar-refractivity contribution >= 4 is 11.9 Å². The molecule has 0 aliphatic carbocycles. The normalized spacial score (nSPS) is 34.6. The second-order valence-corrected chi connectivity index (χ2v) is 5.38. The molecular weight excluding hydrogens is 268 g/mol. The first-order chi connectivity index (χ1) is 9.28. The van der Waals surface area contributed by atoms with Gasteiger partial charge in [0.1, 0.15) is 37.6 Å². The third-order valence-electron chi connectivity index (χ3n) is 3.15. The van der Waals surface area contributed by atoms with Crippen LogP contribution in [0.5, 0.6) is 0 Å². The van der Waals surface area contributed by atoms with Crippen molar-refractivity contribution < 1.29 is 33.3 Å². The Kier molecular flexibility index (Phi) is 4.31. The third-order valence-corrected chi connectivity index (χ3v) is 3.15. The zero-order valence-corrected chi connectivity index (χ0v) is 12.1. The Morgan fingerprint density at radius 3 is 1.70 bits per heavy atom. The Bertz CT molecular complexity index is 358. The lowest BCUT2D eigenvalue weighted by molar-refractivity contribution is -0.197. The smallest absolute Gasteiger partial charge is 0.302 e. The predicted molar refractivity (Wildman–Crippen MR) is 65.8 cm³/mol. The van der Waals surface area contributed by atoms with E-state index in [0.29, 0.717) is 0 Å². The highest BCUT2D eigenvalue weighted by molar-refractivity contribution is 5.66. The van der Waals surface area contributed by atoms with E-state index in [0.717, 1.165) is 0 Å². The maximum atomic E-state index is 10.9. The minimum absolute atomic E-state index is 0.0898. The number of ether oxygens (including phenoxy) is 5. The Morgan fingerprint density at radius 2 is 1.35 bits per heavy atom. The van der Waals surface area contributed by atoms with E-state index in [9.17, 15) is 9.59 Å². The first-order valence-corrected chi connectivity index (χ1v) is 6.56. The molecule has 4 atom stereocenters. The average Bonchev–Trinajstić information content (AvgIpc) is 2.77. The van der Waals surface area contributed by atoms with Crippen LogP contribution >= 0.6 is 0 Å². The number of hydrogen-bond donors (Lipinski definition) is 0. The summed E-state index contributed by atoms with van der Waals surface area (Å²) in [5.74, 6) is -1.50. The Hall–Kier alpha value is -1.18. The standard InChI is InChI=1S/C13H20O7/c1-7(14)16-5-9-11-12(20-13(3,4)19-11)10(18-9)6-17-8(2)15/h9-12H,5-6H2,1-4H3/t9-,10?,11-,12+/m0/s1. The molecule has 0 aromatic carbocycles. The van der Waals surface area contributed by atoms with Crippen molar-refractivity contribution in [2.45, 2.75) is 57.9 Å². The van der Waals surface area contributed by atoms with E-state index in [1.165, 1.54) is 13.8 Å². The first kappa shape index (κ1) is 15.2. The van der Waals surface area contributed by atoms with E-state index in [1.54, 1.807) is 13.8 Å². The van der Waals surface area contributed by atoms with Gasteiger partial charge in [-0.15, -0.1) is 0 Å². The van der Waals surface area contributed by atoms with E-state index in [-0.39, 0.29) is 37.4 Å². The average molecular weight is 288 g/mol. The summed E-state index contributed by atoms with van der Waals surface area (Å²) < 4.78 is 27.2. The van der Waals surface area contributed by atoms with Crippen molar-refractivity contribution in [3.63, 3.8) is 0 Å². The molecule has 0 aromatic heterocycles. The highest BCUT2D eigenvalue weighted by Crippen LogP contribution is 2.38. The van der Waals surface area contributed by atoms with Crippen LogP contribution < -0.4 is 0 Å². The number of esters is 2. The van der Waals surface area contributed by atoms with Crippen molar-refractivity contribution in [3.05, 3.63) is 0 Å². The molecule has 2 fully saturated rings. The number of hydrogen-bond acceptors (Lipinski definition) is 7. The molecule has 0 spiro atoms. The van der Waals surface area contributed by atoms with Gasteiger partial charge in [-0.2, -0.15) is 0 Å². The molecule has 2 heterocycles. The molecule has 2 rings (SSSR count). The molecule has 0 saturated carbocycles. The Morgan fingerprint density at radius 1 is 0.950 bits per heavy atom. The van der Waals surface area contributed by atoms with Gasteiger partial charge in [-0.25, -0.2) is 0 Å². The van der Waals surface area contributed by atoms with Gasteiger partial charge in [-0.1, -0.05) is 0 Å². The van der Waals surface area contributed by atoms with Gasteiger partial charge in [0.05, 0.1) is 0 Å². The van der Waals surface area contributed by atoms with Crippen molar-refractivity contribution in [3.8, 4) is 0 Å². The molecule has 0 bridgehead atoms. The minimum atomic E-state index is -0.734. The number of carbonyl (C=O) groups excluding carboxylic acids is 2. The lowest BCUT2D eigenvalue weighted by Crippen LogP contribution is -2.33. The monoisotopic (exact) mass is 288 g/mol. The van der Waals surface area contributed by atoms with Crippen LogP contribution in [-0.4, -0.2) is 55.4 Å². The van der Waals surface area contributed by atoms with Crippen LogP contribution in [0.3, 0.4) is 0 Å². The van der Waals surface area contributed by atoms with Crippen molar-refractivity contribution in [2.24, 2.45) is 0 Å². The molecule has 0 radical (unpaired) electrons. The van der Waals surface area contributed by atoms with Crippen LogP contribution in [0.15, 0.2) is 0 Å². The summed E-state index contributed by atoms with van der Waals surface area (Å²) in [7, 11) is 0. The minimum Gasteiger partial charge on any atom is -0.463 e. The van der Waals surface area contributed by atoms with Crippen molar-refractivity contribution in [2.75, 3.05) is 13.2 Å². The van der Waals surface area contributed by atoms with Gasteiger partial charge in [-0.3, -0.25) is 9.59 Å². The summed E-state index contributed by atoms with van der Waals surface area (Å²) in [5, 5.41) is 0. The number of rotatable bonds is 4. The van der Waals surface area contributed by atoms with Crippen LogP contribution in [0.4, 0.5) is 0 Å². The summed E-state index contributed by atoms with van der Waals surface area (Å²) in [6, 6.07) is 0. The van der Waals surface area contributed by atoms with Gasteiger partial charge >= 0.3 is 11.9 Å². The number of carbonyl (C=O) groups is 2. The van der Waals surface area contributed by atoms with Crippen molar-refractivity contribution in [1.29, 1.82) is 0 Å². The summed E-state index contributed by atoms with van der Waals surface area (Å²) in [6.07, 6.45) is -1.53. The van der Waals surface area contributed by atoms with Crippen LogP contribution in [0.1, 0.15) is 27.7 Å². The topological polar surface area (TPSA) is 80.3 Å². The molecule has 114 valence electrons. The van der Waals surface area contributed by atoms with Gasteiger partial charge in [0, 0.05) is 13.8 Å². The molecule has 20 heavy (non-hydrogen) atoms. The van der Waals surface area contributed by atoms with E-state index in [1.807, 2.05) is 0 Å². The summed E-state index contributed by atoms with van der Waals surface area (Å²) >= 11 is 0. The van der Waals surface area contributed by atoms with Gasteiger partial charge < -0.3 is 23.7 Å². The molecular formula is C13H20O7. The fourth-order valence-electron chi connectivity index (χ4n) is 2.44. The maximum absolute atomic E-state index is 10.9. The lowest BCUT2D eigenvalue weighted by Gasteiger charge is -2.23. The molecule has 2 aliphatic rings.